The Bertz CT molecular complexity index is 873. The van der Waals surface area contributed by atoms with E-state index in [4.69, 9.17) is 9.84 Å². The van der Waals surface area contributed by atoms with Crippen LogP contribution < -0.4 is 15.2 Å². The minimum absolute atomic E-state index is 0.00479. The molecule has 1 aromatic carbocycles. The van der Waals surface area contributed by atoms with E-state index in [0.717, 1.165) is 12.1 Å². The molecular weight excluding hydrogens is 416 g/mol. The molecule has 0 unspecified atom stereocenters. The molecular formula is C16H16BrF2N3O4. The summed E-state index contributed by atoms with van der Waals surface area (Å²) in [4.78, 5) is 31.0. The van der Waals surface area contributed by atoms with E-state index < -0.39 is 23.2 Å². The Labute approximate surface area is 155 Å². The number of aromatic amines is 1. The molecule has 0 bridgehead atoms. The standard InChI is InChI=1S/C16H16BrF2N3O4/c1-8(2)22(6-12(23)24)16-20-14(25)13(17)15(21-16)26-7-9-3-4-10(18)5-11(9)19/h3-5,8H,6-7H2,1-2H3,(H,23,24)(H,20,21,25). The number of hydrogen-bond acceptors (Lipinski definition) is 5. The van der Waals surface area contributed by atoms with Crippen molar-refractivity contribution in [2.75, 3.05) is 11.4 Å². The fourth-order valence-corrected chi connectivity index (χ4v) is 2.39. The number of carboxylic acids is 1. The van der Waals surface area contributed by atoms with Gasteiger partial charge in [-0.2, -0.15) is 4.98 Å². The van der Waals surface area contributed by atoms with Gasteiger partial charge in [-0.25, -0.2) is 8.78 Å². The summed E-state index contributed by atoms with van der Waals surface area (Å²) in [6.07, 6.45) is 0. The number of aromatic nitrogens is 2. The minimum atomic E-state index is -1.10. The van der Waals surface area contributed by atoms with Crippen LogP contribution in [0.15, 0.2) is 27.5 Å². The normalized spacial score (nSPS) is 10.8. The number of aliphatic carboxylic acids is 1. The summed E-state index contributed by atoms with van der Waals surface area (Å²) in [7, 11) is 0. The lowest BCUT2D eigenvalue weighted by Gasteiger charge is -2.25. The van der Waals surface area contributed by atoms with Gasteiger partial charge in [0.1, 0.15) is 29.3 Å². The number of nitrogens with one attached hydrogen (secondary N) is 1. The molecule has 1 heterocycles. The van der Waals surface area contributed by atoms with Gasteiger partial charge in [0.05, 0.1) is 0 Å². The molecule has 0 atom stereocenters. The van der Waals surface area contributed by atoms with Crippen LogP contribution in [0.2, 0.25) is 0 Å². The van der Waals surface area contributed by atoms with Gasteiger partial charge in [0, 0.05) is 17.7 Å². The SMILES string of the molecule is CC(C)N(CC(=O)O)c1nc(OCc2ccc(F)cc2F)c(Br)c(=O)[nH]1. The van der Waals surface area contributed by atoms with Crippen molar-refractivity contribution in [1.29, 1.82) is 0 Å². The lowest BCUT2D eigenvalue weighted by Crippen LogP contribution is -2.38. The summed E-state index contributed by atoms with van der Waals surface area (Å²) in [5, 5.41) is 9.02. The summed E-state index contributed by atoms with van der Waals surface area (Å²) in [6, 6.07) is 2.76. The average molecular weight is 432 g/mol. The Morgan fingerprint density at radius 3 is 2.69 bits per heavy atom. The molecule has 140 valence electrons. The zero-order valence-electron chi connectivity index (χ0n) is 13.9. The lowest BCUT2D eigenvalue weighted by molar-refractivity contribution is -0.135. The smallest absolute Gasteiger partial charge is 0.323 e. The monoisotopic (exact) mass is 431 g/mol. The number of nitrogens with zero attached hydrogens (tertiary/aromatic N) is 2. The fraction of sp³-hybridized carbons (Fsp3) is 0.312. The van der Waals surface area contributed by atoms with Gasteiger partial charge in [-0.05, 0) is 41.9 Å². The Balaban J connectivity index is 2.32. The van der Waals surface area contributed by atoms with E-state index >= 15 is 0 Å². The number of H-pyrrole nitrogens is 1. The average Bonchev–Trinajstić information content (AvgIpc) is 2.54. The van der Waals surface area contributed by atoms with Gasteiger partial charge in [0.2, 0.25) is 11.8 Å². The molecule has 0 saturated carbocycles. The van der Waals surface area contributed by atoms with E-state index in [0.29, 0.717) is 0 Å². The van der Waals surface area contributed by atoms with Crippen LogP contribution in [0.4, 0.5) is 14.7 Å². The van der Waals surface area contributed by atoms with Crippen LogP contribution in [0.3, 0.4) is 0 Å². The van der Waals surface area contributed by atoms with Gasteiger partial charge in [-0.15, -0.1) is 0 Å². The second-order valence-electron chi connectivity index (χ2n) is 5.65. The molecule has 0 saturated heterocycles. The summed E-state index contributed by atoms with van der Waals surface area (Å²) in [5.41, 5.74) is -0.506. The zero-order valence-corrected chi connectivity index (χ0v) is 15.5. The van der Waals surface area contributed by atoms with Crippen LogP contribution in [-0.2, 0) is 11.4 Å². The predicted molar refractivity (Wildman–Crippen MR) is 93.4 cm³/mol. The third kappa shape index (κ3) is 4.78. The molecule has 10 heteroatoms. The maximum atomic E-state index is 13.7. The first-order valence-corrected chi connectivity index (χ1v) is 8.33. The second kappa shape index (κ2) is 8.26. The quantitative estimate of drug-likeness (QED) is 0.699. The third-order valence-corrected chi connectivity index (χ3v) is 4.10. The van der Waals surface area contributed by atoms with Crippen molar-refractivity contribution in [3.8, 4) is 5.88 Å². The number of benzene rings is 1. The summed E-state index contributed by atoms with van der Waals surface area (Å²) < 4.78 is 32.0. The van der Waals surface area contributed by atoms with E-state index in [1.807, 2.05) is 0 Å². The molecule has 26 heavy (non-hydrogen) atoms. The summed E-state index contributed by atoms with van der Waals surface area (Å²) in [5.74, 6) is -2.74. The largest absolute Gasteiger partial charge is 0.480 e. The molecule has 0 aliphatic heterocycles. The van der Waals surface area contributed by atoms with E-state index in [1.165, 1.54) is 11.0 Å². The molecule has 0 radical (unpaired) electrons. The fourth-order valence-electron chi connectivity index (χ4n) is 2.09. The molecule has 0 aliphatic carbocycles. The Morgan fingerprint density at radius 1 is 1.42 bits per heavy atom. The predicted octanol–water partition coefficient (Wildman–Crippen LogP) is 2.69. The van der Waals surface area contributed by atoms with Crippen LogP contribution in [-0.4, -0.2) is 33.6 Å². The van der Waals surface area contributed by atoms with Gasteiger partial charge in [0.15, 0.2) is 0 Å². The highest BCUT2D eigenvalue weighted by Crippen LogP contribution is 2.23. The van der Waals surface area contributed by atoms with Gasteiger partial charge >= 0.3 is 5.97 Å². The topological polar surface area (TPSA) is 95.5 Å². The molecule has 2 N–H and O–H groups in total. The van der Waals surface area contributed by atoms with Crippen molar-refractivity contribution in [2.24, 2.45) is 0 Å². The lowest BCUT2D eigenvalue weighted by atomic mass is 10.2. The number of anilines is 1. The highest BCUT2D eigenvalue weighted by atomic mass is 79.9. The van der Waals surface area contributed by atoms with Crippen LogP contribution in [0.25, 0.3) is 0 Å². The Morgan fingerprint density at radius 2 is 2.12 bits per heavy atom. The molecule has 2 rings (SSSR count). The van der Waals surface area contributed by atoms with Crippen molar-refractivity contribution < 1.29 is 23.4 Å². The van der Waals surface area contributed by atoms with Gasteiger partial charge in [-0.3, -0.25) is 14.6 Å². The van der Waals surface area contributed by atoms with Crippen molar-refractivity contribution in [2.45, 2.75) is 26.5 Å². The van der Waals surface area contributed by atoms with Crippen molar-refractivity contribution >= 4 is 27.8 Å². The van der Waals surface area contributed by atoms with Crippen LogP contribution in [0.1, 0.15) is 19.4 Å². The minimum Gasteiger partial charge on any atom is -0.480 e. The van der Waals surface area contributed by atoms with E-state index in [-0.39, 0.29) is 41.1 Å². The second-order valence-corrected chi connectivity index (χ2v) is 6.44. The molecule has 1 aromatic heterocycles. The molecule has 7 nitrogen and oxygen atoms in total. The first kappa shape index (κ1) is 19.8. The van der Waals surface area contributed by atoms with Crippen LogP contribution >= 0.6 is 15.9 Å². The highest BCUT2D eigenvalue weighted by Gasteiger charge is 2.20. The first-order chi connectivity index (χ1) is 12.2. The van der Waals surface area contributed by atoms with Crippen LogP contribution in [0.5, 0.6) is 5.88 Å². The molecule has 0 fully saturated rings. The maximum absolute atomic E-state index is 13.7. The number of rotatable bonds is 7. The third-order valence-electron chi connectivity index (χ3n) is 3.40. The van der Waals surface area contributed by atoms with Crippen LogP contribution in [0, 0.1) is 11.6 Å². The number of halogens is 3. The molecule has 0 aliphatic rings. The maximum Gasteiger partial charge on any atom is 0.323 e. The van der Waals surface area contributed by atoms with Gasteiger partial charge in [0.25, 0.3) is 5.56 Å². The van der Waals surface area contributed by atoms with E-state index in [1.54, 1.807) is 13.8 Å². The van der Waals surface area contributed by atoms with Crippen molar-refractivity contribution in [3.05, 3.63) is 50.2 Å². The summed E-state index contributed by atoms with van der Waals surface area (Å²) >= 11 is 3.04. The Hall–Kier alpha value is -2.49. The number of carbonyl (C=O) groups is 1. The molecule has 0 amide bonds. The van der Waals surface area contributed by atoms with E-state index in [2.05, 4.69) is 25.9 Å². The molecule has 2 aromatic rings. The zero-order chi connectivity index (χ0) is 19.4. The van der Waals surface area contributed by atoms with Crippen molar-refractivity contribution in [1.82, 2.24) is 9.97 Å². The number of ether oxygens (including phenoxy) is 1. The number of hydrogen-bond donors (Lipinski definition) is 2. The first-order valence-electron chi connectivity index (χ1n) is 7.54. The molecule has 0 spiro atoms. The number of carboxylic acid groups (broad SMARTS) is 1. The van der Waals surface area contributed by atoms with Crippen molar-refractivity contribution in [3.63, 3.8) is 0 Å². The highest BCUT2D eigenvalue weighted by molar-refractivity contribution is 9.10. The van der Waals surface area contributed by atoms with Gasteiger partial charge in [-0.1, -0.05) is 0 Å². The van der Waals surface area contributed by atoms with Gasteiger partial charge < -0.3 is 14.7 Å². The Kier molecular flexibility index (Phi) is 6.30. The summed E-state index contributed by atoms with van der Waals surface area (Å²) in [6.45, 7) is 2.80. The van der Waals surface area contributed by atoms with E-state index in [9.17, 15) is 18.4 Å².